The maximum absolute atomic E-state index is 5.82. The molecule has 0 aromatic heterocycles. The highest BCUT2D eigenvalue weighted by Gasteiger charge is 2.24. The first-order valence-corrected chi connectivity index (χ1v) is 6.22. The summed E-state index contributed by atoms with van der Waals surface area (Å²) in [7, 11) is 0. The van der Waals surface area contributed by atoms with Gasteiger partial charge in [-0.05, 0) is 44.8 Å². The van der Waals surface area contributed by atoms with Crippen molar-refractivity contribution in [1.82, 2.24) is 4.90 Å². The van der Waals surface area contributed by atoms with Crippen molar-refractivity contribution in [2.75, 3.05) is 6.54 Å². The van der Waals surface area contributed by atoms with Gasteiger partial charge >= 0.3 is 0 Å². The minimum atomic E-state index is 0.571. The number of rotatable bonds is 4. The Bertz CT molecular complexity index is 374. The zero-order valence-corrected chi connectivity index (χ0v) is 11.3. The van der Waals surface area contributed by atoms with E-state index in [0.29, 0.717) is 11.7 Å². The molecule has 0 amide bonds. The zero-order chi connectivity index (χ0) is 13.0. The second-order valence-electron chi connectivity index (χ2n) is 4.62. The third kappa shape index (κ3) is 3.02. The van der Waals surface area contributed by atoms with E-state index in [1.165, 1.54) is 17.7 Å². The smallest absolute Gasteiger partial charge is 0.0432 e. The zero-order valence-electron chi connectivity index (χ0n) is 11.3. The van der Waals surface area contributed by atoms with Gasteiger partial charge in [0.15, 0.2) is 0 Å². The van der Waals surface area contributed by atoms with Crippen LogP contribution in [0.5, 0.6) is 0 Å². The summed E-state index contributed by atoms with van der Waals surface area (Å²) < 4.78 is 0. The highest BCUT2D eigenvalue weighted by Crippen LogP contribution is 2.28. The molecule has 1 saturated heterocycles. The summed E-state index contributed by atoms with van der Waals surface area (Å²) in [5.41, 5.74) is 9.98. The quantitative estimate of drug-likeness (QED) is 0.753. The third-order valence-corrected chi connectivity index (χ3v) is 3.46. The fourth-order valence-electron chi connectivity index (χ4n) is 2.35. The van der Waals surface area contributed by atoms with E-state index < -0.39 is 0 Å². The van der Waals surface area contributed by atoms with Gasteiger partial charge in [-0.1, -0.05) is 25.3 Å². The molecule has 0 aromatic rings. The van der Waals surface area contributed by atoms with Crippen molar-refractivity contribution in [3.8, 4) is 0 Å². The van der Waals surface area contributed by atoms with Gasteiger partial charge in [0.25, 0.3) is 0 Å². The minimum absolute atomic E-state index is 0.571. The lowest BCUT2D eigenvalue weighted by Crippen LogP contribution is -2.28. The van der Waals surface area contributed by atoms with Crippen LogP contribution in [0.25, 0.3) is 0 Å². The number of nitrogens with two attached hydrogens (primary N) is 1. The Balaban J connectivity index is 2.84. The average Bonchev–Trinajstić information content (AvgIpc) is 2.59. The average molecular weight is 232 g/mol. The van der Waals surface area contributed by atoms with Crippen LogP contribution in [0.4, 0.5) is 0 Å². The van der Waals surface area contributed by atoms with Crippen LogP contribution in [0.15, 0.2) is 47.9 Å². The lowest BCUT2D eigenvalue weighted by Gasteiger charge is -2.27. The van der Waals surface area contributed by atoms with E-state index in [2.05, 4.69) is 31.1 Å². The van der Waals surface area contributed by atoms with Crippen LogP contribution in [0.2, 0.25) is 0 Å². The van der Waals surface area contributed by atoms with Gasteiger partial charge in [-0.15, -0.1) is 0 Å². The van der Waals surface area contributed by atoms with Crippen molar-refractivity contribution in [2.45, 2.75) is 39.7 Å². The van der Waals surface area contributed by atoms with Crippen molar-refractivity contribution < 1.29 is 0 Å². The summed E-state index contributed by atoms with van der Waals surface area (Å²) in [5, 5.41) is 0. The molecule has 0 spiro atoms. The van der Waals surface area contributed by atoms with E-state index in [0.717, 1.165) is 18.5 Å². The number of hydrogen-bond donors (Lipinski definition) is 1. The fraction of sp³-hybridized carbons (Fsp3) is 0.467. The Morgan fingerprint density at radius 1 is 1.47 bits per heavy atom. The standard InChI is InChI=1S/C15H24N2/c1-6-14(15(7-2)13(5)16)10-17-11(3)8-9-12(17)4/h6-7,12H,3,5,8-10,16H2,1-2,4H3/b14-6?,15-7-. The molecule has 0 aromatic carbocycles. The van der Waals surface area contributed by atoms with Gasteiger partial charge in [0.1, 0.15) is 0 Å². The first-order chi connectivity index (χ1) is 8.01. The maximum atomic E-state index is 5.82. The van der Waals surface area contributed by atoms with Gasteiger partial charge in [0.05, 0.1) is 0 Å². The fourth-order valence-corrected chi connectivity index (χ4v) is 2.35. The summed E-state index contributed by atoms with van der Waals surface area (Å²) in [4.78, 5) is 2.36. The number of allylic oxidation sites excluding steroid dienone is 4. The molecule has 1 aliphatic rings. The molecule has 1 atom stereocenters. The molecular weight excluding hydrogens is 208 g/mol. The maximum Gasteiger partial charge on any atom is 0.0432 e. The predicted octanol–water partition coefficient (Wildman–Crippen LogP) is 3.35. The molecule has 1 heterocycles. The second kappa shape index (κ2) is 5.76. The van der Waals surface area contributed by atoms with Crippen LogP contribution in [0.1, 0.15) is 33.6 Å². The van der Waals surface area contributed by atoms with Crippen LogP contribution >= 0.6 is 0 Å². The van der Waals surface area contributed by atoms with Crippen LogP contribution in [-0.4, -0.2) is 17.5 Å². The Kier molecular flexibility index (Phi) is 4.62. The van der Waals surface area contributed by atoms with E-state index in [4.69, 9.17) is 5.73 Å². The largest absolute Gasteiger partial charge is 0.399 e. The Labute approximate surface area is 105 Å². The summed E-state index contributed by atoms with van der Waals surface area (Å²) in [6.07, 6.45) is 6.45. The van der Waals surface area contributed by atoms with E-state index in [9.17, 15) is 0 Å². The summed E-state index contributed by atoms with van der Waals surface area (Å²) in [5.74, 6) is 0. The van der Waals surface area contributed by atoms with Crippen molar-refractivity contribution in [3.63, 3.8) is 0 Å². The highest BCUT2D eigenvalue weighted by atomic mass is 15.2. The highest BCUT2D eigenvalue weighted by molar-refractivity contribution is 5.44. The minimum Gasteiger partial charge on any atom is -0.399 e. The summed E-state index contributed by atoms with van der Waals surface area (Å²) >= 11 is 0. The van der Waals surface area contributed by atoms with E-state index >= 15 is 0 Å². The number of likely N-dealkylation sites (tertiary alicyclic amines) is 1. The molecule has 0 aliphatic carbocycles. The number of nitrogens with zero attached hydrogens (tertiary/aromatic N) is 1. The normalized spacial score (nSPS) is 22.2. The molecule has 17 heavy (non-hydrogen) atoms. The van der Waals surface area contributed by atoms with Gasteiger partial charge in [0.2, 0.25) is 0 Å². The molecule has 2 nitrogen and oxygen atoms in total. The van der Waals surface area contributed by atoms with Crippen LogP contribution in [0.3, 0.4) is 0 Å². The Morgan fingerprint density at radius 2 is 2.12 bits per heavy atom. The monoisotopic (exact) mass is 232 g/mol. The van der Waals surface area contributed by atoms with E-state index in [1.807, 2.05) is 19.9 Å². The lowest BCUT2D eigenvalue weighted by molar-refractivity contribution is 0.337. The summed E-state index contributed by atoms with van der Waals surface area (Å²) in [6.45, 7) is 15.1. The second-order valence-corrected chi connectivity index (χ2v) is 4.62. The van der Waals surface area contributed by atoms with Crippen LogP contribution in [-0.2, 0) is 0 Å². The van der Waals surface area contributed by atoms with Crippen molar-refractivity contribution in [1.29, 1.82) is 0 Å². The molecule has 2 heteroatoms. The van der Waals surface area contributed by atoms with E-state index in [-0.39, 0.29) is 0 Å². The molecule has 1 aliphatic heterocycles. The van der Waals surface area contributed by atoms with Gasteiger partial charge in [-0.25, -0.2) is 0 Å². The molecule has 94 valence electrons. The van der Waals surface area contributed by atoms with Crippen LogP contribution in [0, 0.1) is 0 Å². The Morgan fingerprint density at radius 3 is 2.47 bits per heavy atom. The van der Waals surface area contributed by atoms with Gasteiger partial charge in [-0.2, -0.15) is 0 Å². The molecule has 0 saturated carbocycles. The predicted molar refractivity (Wildman–Crippen MR) is 75.4 cm³/mol. The summed E-state index contributed by atoms with van der Waals surface area (Å²) in [6, 6.07) is 0.571. The van der Waals surface area contributed by atoms with Gasteiger partial charge in [-0.3, -0.25) is 0 Å². The van der Waals surface area contributed by atoms with Gasteiger partial charge < -0.3 is 10.6 Å². The molecule has 2 N–H and O–H groups in total. The Hall–Kier alpha value is -1.44. The SMILES string of the molecule is C=C(N)/C(=C/C)C(=CC)CN1C(=C)CCC1C. The molecule has 1 fully saturated rings. The van der Waals surface area contributed by atoms with Crippen molar-refractivity contribution in [2.24, 2.45) is 5.73 Å². The first kappa shape index (κ1) is 13.6. The molecule has 0 bridgehead atoms. The van der Waals surface area contributed by atoms with Crippen LogP contribution < -0.4 is 5.73 Å². The van der Waals surface area contributed by atoms with E-state index in [1.54, 1.807) is 0 Å². The first-order valence-electron chi connectivity index (χ1n) is 6.22. The van der Waals surface area contributed by atoms with Gasteiger partial charge in [0, 0.05) is 24.0 Å². The third-order valence-electron chi connectivity index (χ3n) is 3.46. The molecular formula is C15H24N2. The lowest BCUT2D eigenvalue weighted by atomic mass is 10.0. The topological polar surface area (TPSA) is 29.3 Å². The molecule has 1 rings (SSSR count). The van der Waals surface area contributed by atoms with Crippen molar-refractivity contribution >= 4 is 0 Å². The number of hydrogen-bond acceptors (Lipinski definition) is 2. The van der Waals surface area contributed by atoms with Crippen molar-refractivity contribution in [3.05, 3.63) is 47.9 Å². The molecule has 1 unspecified atom stereocenters. The molecule has 0 radical (unpaired) electrons.